The molecule has 0 saturated heterocycles. The Balaban J connectivity index is 1.64. The normalized spacial score (nSPS) is 13.9. The minimum absolute atomic E-state index is 0.0100. The lowest BCUT2D eigenvalue weighted by Crippen LogP contribution is -2.40. The maximum Gasteiger partial charge on any atom is 0.313 e. The second-order valence-corrected chi connectivity index (χ2v) is 8.08. The van der Waals surface area contributed by atoms with Crippen LogP contribution in [0.5, 0.6) is 0 Å². The third-order valence-electron chi connectivity index (χ3n) is 5.38. The quantitative estimate of drug-likeness (QED) is 0.766. The number of benzene rings is 2. The van der Waals surface area contributed by atoms with Gasteiger partial charge in [-0.15, -0.1) is 0 Å². The zero-order valence-electron chi connectivity index (χ0n) is 17.9. The van der Waals surface area contributed by atoms with E-state index in [-0.39, 0.29) is 6.04 Å². The van der Waals surface area contributed by atoms with E-state index in [1.165, 1.54) is 11.3 Å². The number of likely N-dealkylation sites (N-methyl/N-ethyl adjacent to an activating group) is 2. The highest BCUT2D eigenvalue weighted by atomic mass is 16.2. The van der Waals surface area contributed by atoms with Gasteiger partial charge in [0.05, 0.1) is 6.04 Å². The Morgan fingerprint density at radius 3 is 2.41 bits per heavy atom. The number of nitrogens with one attached hydrogen (secondary N) is 2. The molecular formula is C23H30N4O2. The molecule has 29 heavy (non-hydrogen) atoms. The van der Waals surface area contributed by atoms with Gasteiger partial charge in [0.1, 0.15) is 0 Å². The molecule has 0 aliphatic carbocycles. The zero-order valence-corrected chi connectivity index (χ0v) is 17.9. The Bertz CT molecular complexity index is 903. The van der Waals surface area contributed by atoms with Crippen molar-refractivity contribution < 1.29 is 9.59 Å². The Morgan fingerprint density at radius 1 is 1.07 bits per heavy atom. The van der Waals surface area contributed by atoms with Crippen molar-refractivity contribution in [2.24, 2.45) is 0 Å². The van der Waals surface area contributed by atoms with Crippen LogP contribution in [0.3, 0.4) is 0 Å². The van der Waals surface area contributed by atoms with Gasteiger partial charge >= 0.3 is 11.8 Å². The first-order valence-electron chi connectivity index (χ1n) is 9.92. The van der Waals surface area contributed by atoms with Crippen LogP contribution in [0.25, 0.3) is 0 Å². The predicted molar refractivity (Wildman–Crippen MR) is 117 cm³/mol. The van der Waals surface area contributed by atoms with Crippen LogP contribution in [0.1, 0.15) is 28.3 Å². The van der Waals surface area contributed by atoms with Crippen molar-refractivity contribution >= 4 is 23.2 Å². The summed E-state index contributed by atoms with van der Waals surface area (Å²) in [5, 5.41) is 5.47. The highest BCUT2D eigenvalue weighted by Gasteiger charge is 2.22. The number of nitrogens with zero attached hydrogens (tertiary/aromatic N) is 2. The number of carbonyl (C=O) groups is 2. The summed E-state index contributed by atoms with van der Waals surface area (Å²) in [5.74, 6) is -1.28. The molecule has 1 aliphatic rings. The molecule has 1 heterocycles. The van der Waals surface area contributed by atoms with Crippen molar-refractivity contribution in [2.45, 2.75) is 26.3 Å². The van der Waals surface area contributed by atoms with Crippen molar-refractivity contribution in [3.63, 3.8) is 0 Å². The number of hydrogen-bond acceptors (Lipinski definition) is 4. The summed E-state index contributed by atoms with van der Waals surface area (Å²) in [4.78, 5) is 29.0. The largest absolute Gasteiger partial charge is 0.374 e. The number of hydrogen-bond donors (Lipinski definition) is 2. The van der Waals surface area contributed by atoms with Gasteiger partial charge in [0.15, 0.2) is 0 Å². The molecule has 154 valence electrons. The van der Waals surface area contributed by atoms with E-state index >= 15 is 0 Å². The summed E-state index contributed by atoms with van der Waals surface area (Å²) in [6, 6.07) is 12.2. The van der Waals surface area contributed by atoms with Crippen LogP contribution in [0.2, 0.25) is 0 Å². The van der Waals surface area contributed by atoms with Crippen molar-refractivity contribution in [3.05, 3.63) is 58.7 Å². The second kappa shape index (κ2) is 8.66. The van der Waals surface area contributed by atoms with Crippen molar-refractivity contribution in [1.29, 1.82) is 0 Å². The lowest BCUT2D eigenvalue weighted by atomic mass is 10.0. The van der Waals surface area contributed by atoms with Gasteiger partial charge in [-0.1, -0.05) is 18.2 Å². The zero-order chi connectivity index (χ0) is 21.1. The molecule has 0 radical (unpaired) electrons. The molecule has 2 N–H and O–H groups in total. The lowest BCUT2D eigenvalue weighted by molar-refractivity contribution is -0.136. The minimum Gasteiger partial charge on any atom is -0.374 e. The topological polar surface area (TPSA) is 64.7 Å². The van der Waals surface area contributed by atoms with Crippen LogP contribution in [0, 0.1) is 13.8 Å². The molecule has 0 spiro atoms. The van der Waals surface area contributed by atoms with Crippen molar-refractivity contribution in [1.82, 2.24) is 10.2 Å². The van der Waals surface area contributed by atoms with Gasteiger partial charge in [-0.05, 0) is 74.8 Å². The molecular weight excluding hydrogens is 364 g/mol. The van der Waals surface area contributed by atoms with E-state index < -0.39 is 11.8 Å². The number of anilines is 2. The molecule has 3 rings (SSSR count). The molecule has 0 bridgehead atoms. The second-order valence-electron chi connectivity index (χ2n) is 8.08. The molecule has 0 fully saturated rings. The van der Waals surface area contributed by atoms with Crippen LogP contribution >= 0.6 is 0 Å². The molecule has 2 amide bonds. The van der Waals surface area contributed by atoms with Gasteiger partial charge in [-0.25, -0.2) is 0 Å². The molecule has 2 aromatic rings. The van der Waals surface area contributed by atoms with Crippen LogP contribution in [0.15, 0.2) is 36.4 Å². The lowest BCUT2D eigenvalue weighted by Gasteiger charge is -2.26. The fraction of sp³-hybridized carbons (Fsp3) is 0.391. The number of amides is 2. The summed E-state index contributed by atoms with van der Waals surface area (Å²) >= 11 is 0. The van der Waals surface area contributed by atoms with E-state index in [1.807, 2.05) is 46.1 Å². The Morgan fingerprint density at radius 2 is 1.76 bits per heavy atom. The molecule has 0 aromatic heterocycles. The molecule has 1 aliphatic heterocycles. The molecule has 0 saturated carbocycles. The van der Waals surface area contributed by atoms with E-state index in [4.69, 9.17) is 0 Å². The van der Waals surface area contributed by atoms with E-state index in [9.17, 15) is 9.59 Å². The smallest absolute Gasteiger partial charge is 0.313 e. The van der Waals surface area contributed by atoms with Gasteiger partial charge in [0, 0.05) is 31.5 Å². The molecule has 1 unspecified atom stereocenters. The summed E-state index contributed by atoms with van der Waals surface area (Å²) < 4.78 is 0. The van der Waals surface area contributed by atoms with Crippen LogP contribution in [-0.4, -0.2) is 50.9 Å². The first kappa shape index (κ1) is 20.9. The van der Waals surface area contributed by atoms with Crippen molar-refractivity contribution in [3.8, 4) is 0 Å². The number of fused-ring (bicyclic) bond motifs is 1. The number of rotatable bonds is 5. The molecule has 2 aromatic carbocycles. The van der Waals surface area contributed by atoms with Crippen LogP contribution in [-0.2, 0) is 16.0 Å². The fourth-order valence-electron chi connectivity index (χ4n) is 3.90. The van der Waals surface area contributed by atoms with Crippen LogP contribution < -0.4 is 15.5 Å². The van der Waals surface area contributed by atoms with Gasteiger partial charge in [-0.2, -0.15) is 0 Å². The van der Waals surface area contributed by atoms with Crippen LogP contribution in [0.4, 0.5) is 11.4 Å². The fourth-order valence-corrected chi connectivity index (χ4v) is 3.90. The highest BCUT2D eigenvalue weighted by molar-refractivity contribution is 6.39. The SMILES string of the molecule is Cc1cc(C)cc(NC(=O)C(=O)NCC(c2ccc3c(c2)CCN3C)N(C)C)c1. The first-order chi connectivity index (χ1) is 13.7. The highest BCUT2D eigenvalue weighted by Crippen LogP contribution is 2.30. The third kappa shape index (κ3) is 4.95. The molecule has 1 atom stereocenters. The van der Waals surface area contributed by atoms with E-state index in [1.54, 1.807) is 0 Å². The van der Waals surface area contributed by atoms with E-state index in [0.717, 1.165) is 29.7 Å². The average Bonchev–Trinajstić information content (AvgIpc) is 3.01. The third-order valence-corrected chi connectivity index (χ3v) is 5.38. The van der Waals surface area contributed by atoms with Gasteiger partial charge in [0.25, 0.3) is 0 Å². The van der Waals surface area contributed by atoms with Gasteiger partial charge in [-0.3, -0.25) is 9.59 Å². The summed E-state index contributed by atoms with van der Waals surface area (Å²) in [6.45, 7) is 5.30. The Labute approximate surface area is 172 Å². The number of aryl methyl sites for hydroxylation is 2. The minimum atomic E-state index is -0.650. The standard InChI is InChI=1S/C23H30N4O2/c1-15-10-16(2)12-19(11-15)25-23(29)22(28)24-14-21(26(3)4)17-6-7-20-18(13-17)8-9-27(20)5/h6-7,10-13,21H,8-9,14H2,1-5H3,(H,24,28)(H,25,29). The summed E-state index contributed by atoms with van der Waals surface area (Å²) in [5.41, 5.74) is 6.44. The molecule has 6 nitrogen and oxygen atoms in total. The molecule has 6 heteroatoms. The first-order valence-corrected chi connectivity index (χ1v) is 9.92. The monoisotopic (exact) mass is 394 g/mol. The van der Waals surface area contributed by atoms with Gasteiger partial charge in [0.2, 0.25) is 0 Å². The maximum atomic E-state index is 12.4. The predicted octanol–water partition coefficient (Wildman–Crippen LogP) is 2.65. The van der Waals surface area contributed by atoms with Crippen molar-refractivity contribution in [2.75, 3.05) is 44.4 Å². The van der Waals surface area contributed by atoms with Gasteiger partial charge < -0.3 is 20.4 Å². The average molecular weight is 395 g/mol. The van der Waals surface area contributed by atoms with E-state index in [2.05, 4.69) is 45.7 Å². The Hall–Kier alpha value is -2.86. The Kier molecular flexibility index (Phi) is 6.23. The summed E-state index contributed by atoms with van der Waals surface area (Å²) in [7, 11) is 6.06. The maximum absolute atomic E-state index is 12.4. The number of carbonyl (C=O) groups excluding carboxylic acids is 2. The summed E-state index contributed by atoms with van der Waals surface area (Å²) in [6.07, 6.45) is 1.03. The van der Waals surface area contributed by atoms with E-state index in [0.29, 0.717) is 12.2 Å².